The van der Waals surface area contributed by atoms with Crippen LogP contribution in [0.2, 0.25) is 0 Å². The van der Waals surface area contributed by atoms with Crippen molar-refractivity contribution in [1.82, 2.24) is 24.8 Å². The van der Waals surface area contributed by atoms with Crippen molar-refractivity contribution in [3.05, 3.63) is 52.9 Å². The highest BCUT2D eigenvalue weighted by atomic mass is 32.1. The molecule has 0 radical (unpaired) electrons. The minimum absolute atomic E-state index is 0.0375. The SMILES string of the molecule is CN(C)C(=O)c1sc2nccnc2c1C1CCN(Cc2cccnc2)C1. The molecule has 1 saturated heterocycles. The zero-order chi connectivity index (χ0) is 18.1. The average molecular weight is 367 g/mol. The van der Waals surface area contributed by atoms with E-state index in [4.69, 9.17) is 0 Å². The van der Waals surface area contributed by atoms with Crippen LogP contribution in [0.25, 0.3) is 10.3 Å². The van der Waals surface area contributed by atoms with E-state index in [1.54, 1.807) is 37.6 Å². The molecule has 0 aromatic carbocycles. The van der Waals surface area contributed by atoms with Gasteiger partial charge in [0.25, 0.3) is 5.91 Å². The van der Waals surface area contributed by atoms with Crippen molar-refractivity contribution in [3.8, 4) is 0 Å². The number of pyridine rings is 1. The molecule has 0 bridgehead atoms. The summed E-state index contributed by atoms with van der Waals surface area (Å²) in [6, 6.07) is 4.07. The number of aromatic nitrogens is 3. The van der Waals surface area contributed by atoms with E-state index in [0.29, 0.717) is 5.92 Å². The first-order valence-corrected chi connectivity index (χ1v) is 9.51. The van der Waals surface area contributed by atoms with Crippen LogP contribution in [-0.4, -0.2) is 57.8 Å². The molecule has 3 aromatic heterocycles. The molecule has 1 fully saturated rings. The van der Waals surface area contributed by atoms with Crippen LogP contribution in [0.3, 0.4) is 0 Å². The Morgan fingerprint density at radius 2 is 2.15 bits per heavy atom. The second-order valence-corrected chi connectivity index (χ2v) is 7.84. The molecule has 7 heteroatoms. The normalized spacial score (nSPS) is 17.7. The maximum Gasteiger partial charge on any atom is 0.263 e. The molecule has 26 heavy (non-hydrogen) atoms. The van der Waals surface area contributed by atoms with Crippen molar-refractivity contribution >= 4 is 27.6 Å². The molecule has 134 valence electrons. The van der Waals surface area contributed by atoms with Gasteiger partial charge in [0.05, 0.1) is 4.88 Å². The van der Waals surface area contributed by atoms with Crippen molar-refractivity contribution in [1.29, 1.82) is 0 Å². The van der Waals surface area contributed by atoms with E-state index in [9.17, 15) is 4.79 Å². The quantitative estimate of drug-likeness (QED) is 0.710. The van der Waals surface area contributed by atoms with E-state index in [-0.39, 0.29) is 5.91 Å². The molecule has 1 amide bonds. The lowest BCUT2D eigenvalue weighted by Crippen LogP contribution is -2.23. The van der Waals surface area contributed by atoms with Crippen molar-refractivity contribution in [2.45, 2.75) is 18.9 Å². The second-order valence-electron chi connectivity index (χ2n) is 6.84. The number of rotatable bonds is 4. The molecule has 0 spiro atoms. The lowest BCUT2D eigenvalue weighted by molar-refractivity contribution is 0.0831. The standard InChI is InChI=1S/C19H21N5OS/c1-23(2)19(25)17-15(16-18(26-17)22-8-7-21-16)14-5-9-24(12-14)11-13-4-3-6-20-10-13/h3-4,6-8,10,14H,5,9,11-12H2,1-2H3. The van der Waals surface area contributed by atoms with Crippen LogP contribution in [-0.2, 0) is 6.54 Å². The van der Waals surface area contributed by atoms with Gasteiger partial charge in [0.1, 0.15) is 10.3 Å². The summed E-state index contributed by atoms with van der Waals surface area (Å²) in [5, 5.41) is 0. The number of likely N-dealkylation sites (tertiary alicyclic amines) is 1. The zero-order valence-electron chi connectivity index (χ0n) is 14.9. The van der Waals surface area contributed by atoms with Crippen LogP contribution < -0.4 is 0 Å². The van der Waals surface area contributed by atoms with E-state index in [1.807, 2.05) is 12.3 Å². The fourth-order valence-electron chi connectivity index (χ4n) is 3.55. The highest BCUT2D eigenvalue weighted by molar-refractivity contribution is 7.20. The molecule has 1 atom stereocenters. The highest BCUT2D eigenvalue weighted by Gasteiger charge is 2.32. The predicted molar refractivity (Wildman–Crippen MR) is 102 cm³/mol. The van der Waals surface area contributed by atoms with Crippen molar-refractivity contribution in [3.63, 3.8) is 0 Å². The summed E-state index contributed by atoms with van der Waals surface area (Å²) in [5.41, 5.74) is 3.18. The molecule has 0 aliphatic carbocycles. The van der Waals surface area contributed by atoms with Gasteiger partial charge in [-0.15, -0.1) is 11.3 Å². The van der Waals surface area contributed by atoms with E-state index in [1.165, 1.54) is 16.9 Å². The van der Waals surface area contributed by atoms with Gasteiger partial charge >= 0.3 is 0 Å². The first-order chi connectivity index (χ1) is 12.6. The van der Waals surface area contributed by atoms with Crippen LogP contribution in [0.15, 0.2) is 36.9 Å². The third kappa shape index (κ3) is 3.20. The van der Waals surface area contributed by atoms with Crippen LogP contribution in [0.4, 0.5) is 0 Å². The number of hydrogen-bond acceptors (Lipinski definition) is 6. The fraction of sp³-hybridized carbons (Fsp3) is 0.368. The minimum atomic E-state index is 0.0375. The Morgan fingerprint density at radius 3 is 2.92 bits per heavy atom. The minimum Gasteiger partial charge on any atom is -0.344 e. The monoisotopic (exact) mass is 367 g/mol. The maximum absolute atomic E-state index is 12.7. The molecule has 4 rings (SSSR count). The van der Waals surface area contributed by atoms with Crippen LogP contribution in [0.5, 0.6) is 0 Å². The van der Waals surface area contributed by atoms with E-state index < -0.39 is 0 Å². The van der Waals surface area contributed by atoms with E-state index >= 15 is 0 Å². The molecule has 0 saturated carbocycles. The Bertz CT molecular complexity index is 924. The summed E-state index contributed by atoms with van der Waals surface area (Å²) < 4.78 is 0. The van der Waals surface area contributed by atoms with Crippen LogP contribution in [0.1, 0.15) is 33.1 Å². The summed E-state index contributed by atoms with van der Waals surface area (Å²) in [6.45, 7) is 2.81. The third-order valence-corrected chi connectivity index (χ3v) is 5.86. The number of fused-ring (bicyclic) bond motifs is 1. The molecular weight excluding hydrogens is 346 g/mol. The van der Waals surface area contributed by atoms with Gasteiger partial charge in [0.2, 0.25) is 0 Å². The van der Waals surface area contributed by atoms with Gasteiger partial charge in [-0.25, -0.2) is 4.98 Å². The maximum atomic E-state index is 12.7. The average Bonchev–Trinajstić information content (AvgIpc) is 3.25. The summed E-state index contributed by atoms with van der Waals surface area (Å²) >= 11 is 1.46. The topological polar surface area (TPSA) is 62.2 Å². The number of hydrogen-bond donors (Lipinski definition) is 0. The van der Waals surface area contributed by atoms with Gasteiger partial charge in [-0.05, 0) is 24.6 Å². The Morgan fingerprint density at radius 1 is 1.31 bits per heavy atom. The Kier molecular flexibility index (Phi) is 4.65. The lowest BCUT2D eigenvalue weighted by atomic mass is 9.97. The Hall–Kier alpha value is -2.38. The van der Waals surface area contributed by atoms with Gasteiger partial charge in [0.15, 0.2) is 0 Å². The molecule has 4 heterocycles. The van der Waals surface area contributed by atoms with Crippen molar-refractivity contribution < 1.29 is 4.79 Å². The van der Waals surface area contributed by atoms with Gasteiger partial charge in [-0.1, -0.05) is 6.07 Å². The summed E-state index contributed by atoms with van der Waals surface area (Å²) in [5.74, 6) is 0.339. The predicted octanol–water partition coefficient (Wildman–Crippen LogP) is 2.78. The summed E-state index contributed by atoms with van der Waals surface area (Å²) in [7, 11) is 3.58. The Balaban J connectivity index is 1.64. The van der Waals surface area contributed by atoms with Crippen molar-refractivity contribution in [2.75, 3.05) is 27.2 Å². The molecule has 0 N–H and O–H groups in total. The largest absolute Gasteiger partial charge is 0.344 e. The number of nitrogens with zero attached hydrogens (tertiary/aromatic N) is 5. The lowest BCUT2D eigenvalue weighted by Gasteiger charge is -2.17. The van der Waals surface area contributed by atoms with Crippen molar-refractivity contribution in [2.24, 2.45) is 0 Å². The fourth-order valence-corrected chi connectivity index (χ4v) is 4.76. The number of carbonyl (C=O) groups excluding carboxylic acids is 1. The zero-order valence-corrected chi connectivity index (χ0v) is 15.7. The highest BCUT2D eigenvalue weighted by Crippen LogP contribution is 2.39. The molecule has 1 aliphatic heterocycles. The van der Waals surface area contributed by atoms with Gasteiger partial charge in [-0.2, -0.15) is 0 Å². The molecule has 3 aromatic rings. The van der Waals surface area contributed by atoms with Gasteiger partial charge < -0.3 is 4.90 Å². The molecule has 1 unspecified atom stereocenters. The summed E-state index contributed by atoms with van der Waals surface area (Å²) in [4.78, 5) is 31.6. The molecular formula is C19H21N5OS. The summed E-state index contributed by atoms with van der Waals surface area (Å²) in [6.07, 6.45) is 8.14. The van der Waals surface area contributed by atoms with E-state index in [2.05, 4.69) is 25.9 Å². The van der Waals surface area contributed by atoms with Gasteiger partial charge in [-0.3, -0.25) is 19.7 Å². The third-order valence-electron chi connectivity index (χ3n) is 4.77. The molecule has 6 nitrogen and oxygen atoms in total. The smallest absolute Gasteiger partial charge is 0.263 e. The first-order valence-electron chi connectivity index (χ1n) is 8.70. The first kappa shape index (κ1) is 17.1. The van der Waals surface area contributed by atoms with Crippen LogP contribution >= 0.6 is 11.3 Å². The Labute approximate surface area is 156 Å². The van der Waals surface area contributed by atoms with E-state index in [0.717, 1.165) is 46.8 Å². The molecule has 1 aliphatic rings. The number of thiophene rings is 1. The van der Waals surface area contributed by atoms with Gasteiger partial charge in [0, 0.05) is 63.5 Å². The number of carbonyl (C=O) groups is 1. The number of amides is 1. The van der Waals surface area contributed by atoms with Crippen LogP contribution in [0, 0.1) is 0 Å². The second kappa shape index (κ2) is 7.09.